The molecule has 0 amide bonds. The van der Waals surface area contributed by atoms with Crippen LogP contribution in [0.2, 0.25) is 0 Å². The van der Waals surface area contributed by atoms with Gasteiger partial charge in [-0.25, -0.2) is 4.98 Å². The van der Waals surface area contributed by atoms with E-state index in [4.69, 9.17) is 9.40 Å². The lowest BCUT2D eigenvalue weighted by Crippen LogP contribution is -2.10. The molecule has 0 unspecified atom stereocenters. The summed E-state index contributed by atoms with van der Waals surface area (Å²) in [4.78, 5) is 7.01. The van der Waals surface area contributed by atoms with E-state index in [1.807, 2.05) is 30.5 Å². The maximum atomic E-state index is 6.03. The SMILES string of the molecule is c1ccc(-c2ccc(N(c3ccc(-c4cccc5ccccc45)cc3)c3cnc4oc5ccccc5c4c3)cc2)cc1. The van der Waals surface area contributed by atoms with Crippen LogP contribution in [0.15, 0.2) is 162 Å². The van der Waals surface area contributed by atoms with Gasteiger partial charge in [0.15, 0.2) is 0 Å². The Bertz CT molecular complexity index is 2170. The van der Waals surface area contributed by atoms with Crippen molar-refractivity contribution < 1.29 is 4.42 Å². The lowest BCUT2D eigenvalue weighted by atomic mass is 9.98. The Labute approximate surface area is 243 Å². The quantitative estimate of drug-likeness (QED) is 0.218. The molecule has 8 rings (SSSR count). The highest BCUT2D eigenvalue weighted by molar-refractivity contribution is 6.05. The Hall–Kier alpha value is -5.67. The largest absolute Gasteiger partial charge is 0.438 e. The highest BCUT2D eigenvalue weighted by atomic mass is 16.3. The maximum absolute atomic E-state index is 6.03. The molecule has 0 saturated carbocycles. The first kappa shape index (κ1) is 24.2. The van der Waals surface area contributed by atoms with E-state index in [9.17, 15) is 0 Å². The Kier molecular flexibility index (Phi) is 5.79. The van der Waals surface area contributed by atoms with Crippen LogP contribution in [-0.4, -0.2) is 4.98 Å². The monoisotopic (exact) mass is 538 g/mol. The van der Waals surface area contributed by atoms with E-state index in [1.54, 1.807) is 0 Å². The molecule has 198 valence electrons. The molecule has 2 heterocycles. The number of rotatable bonds is 5. The van der Waals surface area contributed by atoms with Crippen LogP contribution < -0.4 is 4.90 Å². The molecule has 0 aliphatic rings. The van der Waals surface area contributed by atoms with E-state index in [-0.39, 0.29) is 0 Å². The zero-order chi connectivity index (χ0) is 27.9. The van der Waals surface area contributed by atoms with Gasteiger partial charge in [-0.3, -0.25) is 0 Å². The van der Waals surface area contributed by atoms with Gasteiger partial charge >= 0.3 is 0 Å². The zero-order valence-corrected chi connectivity index (χ0v) is 22.8. The van der Waals surface area contributed by atoms with Gasteiger partial charge in [-0.15, -0.1) is 0 Å². The first-order valence-corrected chi connectivity index (χ1v) is 14.1. The number of para-hydroxylation sites is 1. The van der Waals surface area contributed by atoms with E-state index in [2.05, 4.69) is 132 Å². The number of nitrogens with zero attached hydrogens (tertiary/aromatic N) is 2. The average molecular weight is 539 g/mol. The molecule has 0 aliphatic heterocycles. The van der Waals surface area contributed by atoms with Crippen molar-refractivity contribution in [3.05, 3.63) is 158 Å². The molecule has 0 N–H and O–H groups in total. The van der Waals surface area contributed by atoms with Crippen LogP contribution in [0.25, 0.3) is 55.1 Å². The molecule has 0 radical (unpaired) electrons. The fraction of sp³-hybridized carbons (Fsp3) is 0. The molecule has 0 atom stereocenters. The predicted molar refractivity (Wildman–Crippen MR) is 175 cm³/mol. The van der Waals surface area contributed by atoms with Crippen LogP contribution >= 0.6 is 0 Å². The van der Waals surface area contributed by atoms with Gasteiger partial charge in [0.05, 0.1) is 17.3 Å². The lowest BCUT2D eigenvalue weighted by molar-refractivity contribution is 0.654. The predicted octanol–water partition coefficient (Wildman–Crippen LogP) is 10.9. The van der Waals surface area contributed by atoms with Crippen LogP contribution in [0.3, 0.4) is 0 Å². The summed E-state index contributed by atoms with van der Waals surface area (Å²) in [5.41, 5.74) is 9.36. The number of hydrogen-bond donors (Lipinski definition) is 0. The van der Waals surface area contributed by atoms with Gasteiger partial charge in [0, 0.05) is 16.8 Å². The number of pyridine rings is 1. The highest BCUT2D eigenvalue weighted by Crippen LogP contribution is 2.39. The topological polar surface area (TPSA) is 29.3 Å². The molecule has 3 nitrogen and oxygen atoms in total. The molecule has 0 fully saturated rings. The van der Waals surface area contributed by atoms with E-state index >= 15 is 0 Å². The van der Waals surface area contributed by atoms with Gasteiger partial charge in [0.1, 0.15) is 5.58 Å². The number of hydrogen-bond acceptors (Lipinski definition) is 3. The molecule has 6 aromatic carbocycles. The van der Waals surface area contributed by atoms with Crippen LogP contribution in [0.4, 0.5) is 17.1 Å². The first-order valence-electron chi connectivity index (χ1n) is 14.1. The normalized spacial score (nSPS) is 11.3. The second-order valence-corrected chi connectivity index (χ2v) is 10.5. The van der Waals surface area contributed by atoms with E-state index in [0.29, 0.717) is 5.71 Å². The van der Waals surface area contributed by atoms with Gasteiger partial charge in [0.25, 0.3) is 0 Å². The third kappa shape index (κ3) is 4.20. The number of benzene rings is 6. The molecule has 0 bridgehead atoms. The van der Waals surface area contributed by atoms with Crippen molar-refractivity contribution in [3.63, 3.8) is 0 Å². The van der Waals surface area contributed by atoms with Gasteiger partial charge in [-0.05, 0) is 69.4 Å². The van der Waals surface area contributed by atoms with E-state index in [1.165, 1.54) is 33.0 Å². The summed E-state index contributed by atoms with van der Waals surface area (Å²) in [5, 5.41) is 4.56. The Morgan fingerprint density at radius 3 is 1.86 bits per heavy atom. The molecular formula is C39H26N2O. The second kappa shape index (κ2) is 10.1. The average Bonchev–Trinajstić information content (AvgIpc) is 3.44. The fourth-order valence-electron chi connectivity index (χ4n) is 5.87. The van der Waals surface area contributed by atoms with Crippen molar-refractivity contribution >= 4 is 49.9 Å². The minimum atomic E-state index is 0.644. The number of fused-ring (bicyclic) bond motifs is 4. The first-order chi connectivity index (χ1) is 20.8. The summed E-state index contributed by atoms with van der Waals surface area (Å²) in [5.74, 6) is 0. The summed E-state index contributed by atoms with van der Waals surface area (Å²) in [7, 11) is 0. The molecule has 0 saturated heterocycles. The number of aromatic nitrogens is 1. The van der Waals surface area contributed by atoms with Gasteiger partial charge in [-0.2, -0.15) is 0 Å². The van der Waals surface area contributed by atoms with Crippen LogP contribution in [0.1, 0.15) is 0 Å². The molecule has 8 aromatic rings. The molecule has 42 heavy (non-hydrogen) atoms. The smallest absolute Gasteiger partial charge is 0.227 e. The third-order valence-electron chi connectivity index (χ3n) is 7.94. The van der Waals surface area contributed by atoms with Crippen molar-refractivity contribution in [1.82, 2.24) is 4.98 Å². The van der Waals surface area contributed by atoms with Crippen molar-refractivity contribution in [3.8, 4) is 22.3 Å². The maximum Gasteiger partial charge on any atom is 0.227 e. The van der Waals surface area contributed by atoms with Crippen molar-refractivity contribution in [2.24, 2.45) is 0 Å². The zero-order valence-electron chi connectivity index (χ0n) is 22.8. The Morgan fingerprint density at radius 1 is 0.452 bits per heavy atom. The minimum Gasteiger partial charge on any atom is -0.438 e. The summed E-state index contributed by atoms with van der Waals surface area (Å²) < 4.78 is 6.03. The summed E-state index contributed by atoms with van der Waals surface area (Å²) in [6.45, 7) is 0. The summed E-state index contributed by atoms with van der Waals surface area (Å²) >= 11 is 0. The van der Waals surface area contributed by atoms with Crippen LogP contribution in [-0.2, 0) is 0 Å². The van der Waals surface area contributed by atoms with Gasteiger partial charge in [0.2, 0.25) is 5.71 Å². The fourth-order valence-corrected chi connectivity index (χ4v) is 5.87. The van der Waals surface area contributed by atoms with Gasteiger partial charge < -0.3 is 9.32 Å². The van der Waals surface area contributed by atoms with Crippen molar-refractivity contribution in [1.29, 1.82) is 0 Å². The number of furan rings is 1. The Morgan fingerprint density at radius 2 is 1.07 bits per heavy atom. The van der Waals surface area contributed by atoms with E-state index in [0.717, 1.165) is 33.4 Å². The molecule has 0 spiro atoms. The lowest BCUT2D eigenvalue weighted by Gasteiger charge is -2.25. The molecule has 2 aromatic heterocycles. The third-order valence-corrected chi connectivity index (χ3v) is 7.94. The molecule has 3 heteroatoms. The minimum absolute atomic E-state index is 0.644. The van der Waals surface area contributed by atoms with Gasteiger partial charge in [-0.1, -0.05) is 115 Å². The number of anilines is 3. The van der Waals surface area contributed by atoms with Crippen molar-refractivity contribution in [2.45, 2.75) is 0 Å². The standard InChI is InChI=1S/C39H26N2O/c1-2-9-27(10-3-1)28-17-21-31(22-18-28)41(33-25-37-36-14-6-7-16-38(36)42-39(37)40-26-33)32-23-19-30(20-24-32)35-15-8-12-29-11-4-5-13-34(29)35/h1-26H. The van der Waals surface area contributed by atoms with Crippen LogP contribution in [0.5, 0.6) is 0 Å². The highest BCUT2D eigenvalue weighted by Gasteiger charge is 2.17. The summed E-state index contributed by atoms with van der Waals surface area (Å²) in [6.07, 6.45) is 1.90. The van der Waals surface area contributed by atoms with Crippen LogP contribution in [0, 0.1) is 0 Å². The Balaban J connectivity index is 1.25. The van der Waals surface area contributed by atoms with Crippen molar-refractivity contribution in [2.75, 3.05) is 4.90 Å². The summed E-state index contributed by atoms with van der Waals surface area (Å²) in [6, 6.07) is 53.3. The molecule has 0 aliphatic carbocycles. The van der Waals surface area contributed by atoms with E-state index < -0.39 is 0 Å². The molecular weight excluding hydrogens is 512 g/mol. The second-order valence-electron chi connectivity index (χ2n) is 10.5.